The Morgan fingerprint density at radius 2 is 2.30 bits per heavy atom. The highest BCUT2D eigenvalue weighted by molar-refractivity contribution is 7.15. The molecule has 0 aliphatic carbocycles. The van der Waals surface area contributed by atoms with E-state index < -0.39 is 0 Å². The van der Waals surface area contributed by atoms with Crippen LogP contribution in [0.25, 0.3) is 0 Å². The first-order valence-electron chi connectivity index (χ1n) is 7.59. The molecule has 2 aromatic heterocycles. The largest absolute Gasteiger partial charge is 0.371 e. The van der Waals surface area contributed by atoms with E-state index >= 15 is 0 Å². The maximum Gasteiger partial charge on any atom is 0.240 e. The molecule has 3 rings (SSSR count). The Balaban J connectivity index is 1.48. The predicted octanol–water partition coefficient (Wildman–Crippen LogP) is 2.83. The summed E-state index contributed by atoms with van der Waals surface area (Å²) in [7, 11) is 1.94. The zero-order valence-electron chi connectivity index (χ0n) is 13.2. The van der Waals surface area contributed by atoms with Gasteiger partial charge in [0.15, 0.2) is 0 Å². The molecule has 1 amide bonds. The molecule has 1 aliphatic heterocycles. The first-order chi connectivity index (χ1) is 11.1. The molecule has 6 nitrogen and oxygen atoms in total. The molecule has 2 aromatic rings. The highest BCUT2D eigenvalue weighted by Crippen LogP contribution is 2.31. The Morgan fingerprint density at radius 1 is 1.43 bits per heavy atom. The van der Waals surface area contributed by atoms with Crippen LogP contribution in [0.15, 0.2) is 12.1 Å². The molecule has 0 spiro atoms. The molecule has 1 saturated heterocycles. The van der Waals surface area contributed by atoms with E-state index in [1.165, 1.54) is 21.1 Å². The predicted molar refractivity (Wildman–Crippen MR) is 91.9 cm³/mol. The third kappa shape index (κ3) is 4.57. The molecule has 124 valence electrons. The van der Waals surface area contributed by atoms with E-state index in [1.54, 1.807) is 11.3 Å². The van der Waals surface area contributed by atoms with Crippen molar-refractivity contribution in [2.45, 2.75) is 32.4 Å². The number of nitrogens with zero attached hydrogens (tertiary/aromatic N) is 3. The topological polar surface area (TPSA) is 67.4 Å². The highest BCUT2D eigenvalue weighted by Gasteiger charge is 2.22. The lowest BCUT2D eigenvalue weighted by atomic mass is 10.2. The second-order valence-corrected chi connectivity index (χ2v) is 8.06. The number of hydrogen-bond donors (Lipinski definition) is 1. The van der Waals surface area contributed by atoms with Gasteiger partial charge in [-0.15, -0.1) is 21.5 Å². The Labute approximate surface area is 143 Å². The summed E-state index contributed by atoms with van der Waals surface area (Å²) in [6.07, 6.45) is 2.08. The number of carbonyl (C=O) groups excluding carboxylic acids is 1. The van der Waals surface area contributed by atoms with E-state index in [0.717, 1.165) is 31.0 Å². The Hall–Kier alpha value is -1.35. The van der Waals surface area contributed by atoms with Crippen LogP contribution in [0.2, 0.25) is 0 Å². The van der Waals surface area contributed by atoms with Gasteiger partial charge in [-0.3, -0.25) is 15.0 Å². The second kappa shape index (κ2) is 7.48. The van der Waals surface area contributed by atoms with Crippen LogP contribution in [-0.4, -0.2) is 41.2 Å². The number of thiophene rings is 1. The average Bonchev–Trinajstić information content (AvgIpc) is 3.19. The lowest BCUT2D eigenvalue weighted by molar-refractivity contribution is -0.117. The van der Waals surface area contributed by atoms with Gasteiger partial charge >= 0.3 is 0 Å². The highest BCUT2D eigenvalue weighted by atomic mass is 32.1. The molecular formula is C15H20N4O2S2. The summed E-state index contributed by atoms with van der Waals surface area (Å²) >= 11 is 3.15. The van der Waals surface area contributed by atoms with E-state index in [9.17, 15) is 4.79 Å². The fraction of sp³-hybridized carbons (Fsp3) is 0.533. The number of ether oxygens (including phenoxy) is 1. The summed E-state index contributed by atoms with van der Waals surface area (Å²) in [4.78, 5) is 16.6. The monoisotopic (exact) mass is 352 g/mol. The van der Waals surface area contributed by atoms with Gasteiger partial charge < -0.3 is 4.74 Å². The van der Waals surface area contributed by atoms with Crippen LogP contribution in [-0.2, 0) is 16.1 Å². The zero-order valence-corrected chi connectivity index (χ0v) is 14.9. The van der Waals surface area contributed by atoms with Gasteiger partial charge in [0.05, 0.1) is 6.54 Å². The van der Waals surface area contributed by atoms with Gasteiger partial charge in [0.2, 0.25) is 11.0 Å². The molecule has 1 N–H and O–H groups in total. The van der Waals surface area contributed by atoms with Gasteiger partial charge in [0, 0.05) is 22.9 Å². The van der Waals surface area contributed by atoms with Gasteiger partial charge in [0.1, 0.15) is 11.1 Å². The van der Waals surface area contributed by atoms with Crippen LogP contribution in [0, 0.1) is 6.92 Å². The number of anilines is 1. The van der Waals surface area contributed by atoms with Crippen molar-refractivity contribution in [1.82, 2.24) is 15.1 Å². The summed E-state index contributed by atoms with van der Waals surface area (Å²) in [6.45, 7) is 3.95. The smallest absolute Gasteiger partial charge is 0.240 e. The molecule has 1 aliphatic rings. The van der Waals surface area contributed by atoms with Crippen LogP contribution >= 0.6 is 22.7 Å². The molecule has 0 bridgehead atoms. The van der Waals surface area contributed by atoms with Gasteiger partial charge in [-0.25, -0.2) is 0 Å². The first-order valence-corrected chi connectivity index (χ1v) is 9.22. The summed E-state index contributed by atoms with van der Waals surface area (Å²) in [5.41, 5.74) is 0. The molecular weight excluding hydrogens is 332 g/mol. The van der Waals surface area contributed by atoms with Crippen molar-refractivity contribution in [2.24, 2.45) is 0 Å². The minimum Gasteiger partial charge on any atom is -0.371 e. The van der Waals surface area contributed by atoms with Crippen molar-refractivity contribution in [3.05, 3.63) is 26.9 Å². The maximum atomic E-state index is 12.1. The Bertz CT molecular complexity index is 664. The van der Waals surface area contributed by atoms with Crippen molar-refractivity contribution >= 4 is 33.7 Å². The maximum absolute atomic E-state index is 12.1. The summed E-state index contributed by atoms with van der Waals surface area (Å²) in [6, 6.07) is 4.20. The molecule has 1 atom stereocenters. The van der Waals surface area contributed by atoms with Gasteiger partial charge in [-0.2, -0.15) is 0 Å². The SMILES string of the molecule is Cc1ccc(CN(C)CC(=O)Nc2nnc([C@@H]3CCCO3)s2)s1. The molecule has 8 heteroatoms. The standard InChI is InChI=1S/C15H20N4O2S2/c1-10-5-6-11(22-10)8-19(2)9-13(20)16-15-18-17-14(23-15)12-4-3-7-21-12/h5-6,12H,3-4,7-9H2,1-2H3,(H,16,18,20)/t12-/m0/s1. The fourth-order valence-corrected chi connectivity index (χ4v) is 4.30. The minimum absolute atomic E-state index is 0.0443. The van der Waals surface area contributed by atoms with Crippen LogP contribution in [0.5, 0.6) is 0 Å². The number of hydrogen-bond acceptors (Lipinski definition) is 7. The lowest BCUT2D eigenvalue weighted by Gasteiger charge is -2.14. The number of aryl methyl sites for hydroxylation is 1. The van der Waals surface area contributed by atoms with E-state index in [0.29, 0.717) is 11.7 Å². The third-order valence-corrected chi connectivity index (χ3v) is 5.44. The Kier molecular flexibility index (Phi) is 5.37. The van der Waals surface area contributed by atoms with E-state index in [4.69, 9.17) is 4.74 Å². The zero-order chi connectivity index (χ0) is 16.2. The van der Waals surface area contributed by atoms with Crippen molar-refractivity contribution in [3.63, 3.8) is 0 Å². The quantitative estimate of drug-likeness (QED) is 0.866. The summed E-state index contributed by atoms with van der Waals surface area (Å²) in [5, 5.41) is 12.4. The van der Waals surface area contributed by atoms with Crippen molar-refractivity contribution in [2.75, 3.05) is 25.5 Å². The third-order valence-electron chi connectivity index (χ3n) is 3.53. The fourth-order valence-electron chi connectivity index (χ4n) is 2.48. The summed E-state index contributed by atoms with van der Waals surface area (Å²) < 4.78 is 5.58. The molecule has 23 heavy (non-hydrogen) atoms. The molecule has 3 heterocycles. The number of aromatic nitrogens is 2. The molecule has 1 fully saturated rings. The van der Waals surface area contributed by atoms with Crippen LogP contribution in [0.3, 0.4) is 0 Å². The van der Waals surface area contributed by atoms with Gasteiger partial charge in [-0.1, -0.05) is 11.3 Å². The van der Waals surface area contributed by atoms with Gasteiger partial charge in [-0.05, 0) is 38.9 Å². The number of likely N-dealkylation sites (N-methyl/N-ethyl adjacent to an activating group) is 1. The molecule has 0 saturated carbocycles. The van der Waals surface area contributed by atoms with E-state index in [1.807, 2.05) is 11.9 Å². The normalized spacial score (nSPS) is 17.8. The van der Waals surface area contributed by atoms with Crippen molar-refractivity contribution in [1.29, 1.82) is 0 Å². The van der Waals surface area contributed by atoms with Gasteiger partial charge in [0.25, 0.3) is 0 Å². The number of carbonyl (C=O) groups is 1. The number of amides is 1. The lowest BCUT2D eigenvalue weighted by Crippen LogP contribution is -2.29. The second-order valence-electron chi connectivity index (χ2n) is 5.68. The number of nitrogens with one attached hydrogen (secondary N) is 1. The molecule has 0 aromatic carbocycles. The first kappa shape index (κ1) is 16.5. The molecule has 0 radical (unpaired) electrons. The van der Waals surface area contributed by atoms with Crippen molar-refractivity contribution < 1.29 is 9.53 Å². The van der Waals surface area contributed by atoms with Crippen LogP contribution in [0.1, 0.15) is 33.7 Å². The number of rotatable bonds is 6. The van der Waals surface area contributed by atoms with E-state index in [2.05, 4.69) is 34.6 Å². The minimum atomic E-state index is -0.0733. The van der Waals surface area contributed by atoms with Crippen molar-refractivity contribution in [3.8, 4) is 0 Å². The van der Waals surface area contributed by atoms with Crippen LogP contribution in [0.4, 0.5) is 5.13 Å². The summed E-state index contributed by atoms with van der Waals surface area (Å²) in [5.74, 6) is -0.0733. The Morgan fingerprint density at radius 3 is 3.00 bits per heavy atom. The van der Waals surface area contributed by atoms with Crippen LogP contribution < -0.4 is 5.32 Å². The van der Waals surface area contributed by atoms with E-state index in [-0.39, 0.29) is 12.0 Å². The average molecular weight is 352 g/mol. The molecule has 0 unspecified atom stereocenters.